The van der Waals surface area contributed by atoms with Gasteiger partial charge in [0.1, 0.15) is 34.6 Å². The van der Waals surface area contributed by atoms with Gasteiger partial charge in [0.25, 0.3) is 11.8 Å². The minimum Gasteiger partial charge on any atom is -0.494 e. The van der Waals surface area contributed by atoms with E-state index in [1.165, 1.54) is 67.8 Å². The fourth-order valence-electron chi connectivity index (χ4n) is 6.09. The number of carboxylic acids is 2. The quantitative estimate of drug-likeness (QED) is 0.0909. The summed E-state index contributed by atoms with van der Waals surface area (Å²) in [6.45, 7) is 1.93. The van der Waals surface area contributed by atoms with Crippen molar-refractivity contribution >= 4 is 46.0 Å². The number of H-pyrrole nitrogens is 1. The Hall–Kier alpha value is -7.81. The Labute approximate surface area is 331 Å². The summed E-state index contributed by atoms with van der Waals surface area (Å²) in [6.07, 6.45) is 1.85. The lowest BCUT2D eigenvalue weighted by Gasteiger charge is -2.12. The van der Waals surface area contributed by atoms with Gasteiger partial charge < -0.3 is 30.6 Å². The molecule has 7 rings (SSSR count). The van der Waals surface area contributed by atoms with Crippen LogP contribution in [0.15, 0.2) is 115 Å². The molecule has 0 atom stereocenters. The number of carbonyl (C=O) groups is 4. The average Bonchev–Trinajstić information content (AvgIpc) is 3.60. The van der Waals surface area contributed by atoms with E-state index in [0.29, 0.717) is 16.7 Å². The third kappa shape index (κ3) is 8.78. The van der Waals surface area contributed by atoms with E-state index in [4.69, 9.17) is 9.84 Å². The molecule has 0 spiro atoms. The van der Waals surface area contributed by atoms with E-state index in [2.05, 4.69) is 15.6 Å². The van der Waals surface area contributed by atoms with Gasteiger partial charge in [-0.2, -0.15) is 0 Å². The van der Waals surface area contributed by atoms with E-state index in [1.54, 1.807) is 6.07 Å². The van der Waals surface area contributed by atoms with E-state index >= 15 is 0 Å². The number of halogens is 5. The second-order valence-electron chi connectivity index (χ2n) is 12.8. The molecule has 0 radical (unpaired) electrons. The molecule has 2 amide bonds. The van der Waals surface area contributed by atoms with Crippen molar-refractivity contribution in [2.24, 2.45) is 0 Å². The number of carbonyl (C=O) groups excluding carboxylic acids is 2. The van der Waals surface area contributed by atoms with Gasteiger partial charge in [-0.1, -0.05) is 36.4 Å². The van der Waals surface area contributed by atoms with Gasteiger partial charge in [0.05, 0.1) is 29.4 Å². The molecule has 7 aromatic rings. The molecule has 0 fully saturated rings. The fraction of sp³-hybridized carbons (Fsp3) is 0.0455. The average molecular weight is 808 g/mol. The number of rotatable bonds is 9. The molecule has 0 saturated carbocycles. The van der Waals surface area contributed by atoms with E-state index in [-0.39, 0.29) is 33.6 Å². The lowest BCUT2D eigenvalue weighted by Crippen LogP contribution is -2.18. The number of anilines is 2. The zero-order chi connectivity index (χ0) is 42.5. The summed E-state index contributed by atoms with van der Waals surface area (Å²) in [5.41, 5.74) is 0.893. The molecular weight excluding hydrogens is 777 g/mol. The van der Waals surface area contributed by atoms with Gasteiger partial charge in [-0.05, 0) is 108 Å². The van der Waals surface area contributed by atoms with Gasteiger partial charge >= 0.3 is 11.9 Å². The number of ether oxygens (including phenoxy) is 1. The van der Waals surface area contributed by atoms with Crippen LogP contribution in [0.25, 0.3) is 33.2 Å². The molecule has 15 heteroatoms. The van der Waals surface area contributed by atoms with Gasteiger partial charge in [-0.25, -0.2) is 31.5 Å². The largest absolute Gasteiger partial charge is 0.494 e. The van der Waals surface area contributed by atoms with Crippen LogP contribution in [0.3, 0.4) is 0 Å². The molecule has 59 heavy (non-hydrogen) atoms. The number of aromatic amines is 1. The van der Waals surface area contributed by atoms with Gasteiger partial charge in [0, 0.05) is 17.1 Å². The molecule has 0 aliphatic heterocycles. The molecule has 0 unspecified atom stereocenters. The first kappa shape index (κ1) is 40.8. The summed E-state index contributed by atoms with van der Waals surface area (Å²) >= 11 is 0. The van der Waals surface area contributed by atoms with Crippen LogP contribution in [0.1, 0.15) is 47.0 Å². The summed E-state index contributed by atoms with van der Waals surface area (Å²) in [7, 11) is 1.26. The summed E-state index contributed by atoms with van der Waals surface area (Å²) < 4.78 is 76.8. The van der Waals surface area contributed by atoms with Crippen molar-refractivity contribution < 1.29 is 56.1 Å². The highest BCUT2D eigenvalue weighted by Crippen LogP contribution is 2.33. The van der Waals surface area contributed by atoms with Crippen LogP contribution in [0.2, 0.25) is 0 Å². The van der Waals surface area contributed by atoms with Crippen LogP contribution in [0.5, 0.6) is 5.75 Å². The van der Waals surface area contributed by atoms with Crippen LogP contribution in [-0.2, 0) is 0 Å². The number of aromatic nitrogens is 1. The summed E-state index contributed by atoms with van der Waals surface area (Å²) in [6, 6.07) is 24.0. The number of aryl methyl sites for hydroxylation is 1. The molecule has 1 heterocycles. The Morgan fingerprint density at radius 2 is 0.966 bits per heavy atom. The molecular formula is C44H30F5N3O7. The Kier molecular flexibility index (Phi) is 11.9. The summed E-state index contributed by atoms with van der Waals surface area (Å²) in [5.74, 6) is -9.35. The maximum atomic E-state index is 14.7. The maximum Gasteiger partial charge on any atom is 0.336 e. The van der Waals surface area contributed by atoms with Gasteiger partial charge in [0.15, 0.2) is 11.6 Å². The van der Waals surface area contributed by atoms with Crippen molar-refractivity contribution in [3.63, 3.8) is 0 Å². The Bertz CT molecular complexity index is 2760. The van der Waals surface area contributed by atoms with E-state index in [9.17, 15) is 46.2 Å². The highest BCUT2D eigenvalue weighted by atomic mass is 19.1. The predicted octanol–water partition coefficient (Wildman–Crippen LogP) is 10.1. The van der Waals surface area contributed by atoms with E-state index < -0.39 is 64.2 Å². The smallest absolute Gasteiger partial charge is 0.336 e. The number of nitrogens with one attached hydrogen (secondary N) is 3. The predicted molar refractivity (Wildman–Crippen MR) is 209 cm³/mol. The van der Waals surface area contributed by atoms with Crippen molar-refractivity contribution in [1.82, 2.24) is 4.98 Å². The minimum atomic E-state index is -1.35. The SMILES string of the molecule is COc1cc(-c2cc(F)c(NC(=O)c3ccccc3C(=O)O)c(F)c2)ccc1F.Cc1c[nH]c2ccc(-c3cc(F)c(NC(=O)c4ccccc4C(=O)O)c(F)c3)cc12. The highest BCUT2D eigenvalue weighted by Gasteiger charge is 2.22. The van der Waals surface area contributed by atoms with Crippen molar-refractivity contribution in [3.8, 4) is 28.0 Å². The number of hydrogen-bond donors (Lipinski definition) is 5. The number of aromatic carboxylic acids is 2. The second-order valence-corrected chi connectivity index (χ2v) is 12.8. The van der Waals surface area contributed by atoms with Gasteiger partial charge in [0.2, 0.25) is 0 Å². The number of methoxy groups -OCH3 is 1. The molecule has 0 aliphatic carbocycles. The number of carboxylic acid groups (broad SMARTS) is 2. The Balaban J connectivity index is 0.000000199. The number of fused-ring (bicyclic) bond motifs is 1. The van der Waals surface area contributed by atoms with Crippen LogP contribution in [0.4, 0.5) is 33.3 Å². The minimum absolute atomic E-state index is 0.0917. The van der Waals surface area contributed by atoms with Crippen molar-refractivity contribution in [2.75, 3.05) is 17.7 Å². The van der Waals surface area contributed by atoms with Crippen molar-refractivity contribution in [3.05, 3.63) is 172 Å². The van der Waals surface area contributed by atoms with E-state index in [0.717, 1.165) is 46.8 Å². The van der Waals surface area contributed by atoms with Crippen LogP contribution in [-0.4, -0.2) is 46.1 Å². The monoisotopic (exact) mass is 807 g/mol. The van der Waals surface area contributed by atoms with Crippen molar-refractivity contribution in [2.45, 2.75) is 6.92 Å². The first-order valence-electron chi connectivity index (χ1n) is 17.3. The zero-order valence-corrected chi connectivity index (χ0v) is 30.8. The molecule has 0 saturated heterocycles. The molecule has 0 aliphatic rings. The summed E-state index contributed by atoms with van der Waals surface area (Å²) in [5, 5.41) is 23.5. The third-order valence-corrected chi connectivity index (χ3v) is 9.07. The van der Waals surface area contributed by atoms with Gasteiger partial charge in [-0.15, -0.1) is 0 Å². The van der Waals surface area contributed by atoms with Crippen LogP contribution < -0.4 is 15.4 Å². The first-order chi connectivity index (χ1) is 28.2. The molecule has 1 aromatic heterocycles. The highest BCUT2D eigenvalue weighted by molar-refractivity contribution is 6.11. The number of benzene rings is 6. The third-order valence-electron chi connectivity index (χ3n) is 9.07. The van der Waals surface area contributed by atoms with Crippen molar-refractivity contribution in [1.29, 1.82) is 0 Å². The molecule has 6 aromatic carbocycles. The lowest BCUT2D eigenvalue weighted by molar-refractivity contribution is 0.0683. The molecule has 298 valence electrons. The molecule has 5 N–H and O–H groups in total. The second kappa shape index (κ2) is 17.1. The topological polar surface area (TPSA) is 158 Å². The first-order valence-corrected chi connectivity index (χ1v) is 17.3. The van der Waals surface area contributed by atoms with Crippen LogP contribution in [0, 0.1) is 36.0 Å². The fourth-order valence-corrected chi connectivity index (χ4v) is 6.09. The van der Waals surface area contributed by atoms with Crippen LogP contribution >= 0.6 is 0 Å². The van der Waals surface area contributed by atoms with Gasteiger partial charge in [-0.3, -0.25) is 9.59 Å². The number of hydrogen-bond acceptors (Lipinski definition) is 5. The Morgan fingerprint density at radius 3 is 1.41 bits per heavy atom. The lowest BCUT2D eigenvalue weighted by atomic mass is 10.0. The molecule has 0 bridgehead atoms. The zero-order valence-electron chi connectivity index (χ0n) is 30.8. The maximum absolute atomic E-state index is 14.7. The Morgan fingerprint density at radius 1 is 0.542 bits per heavy atom. The summed E-state index contributed by atoms with van der Waals surface area (Å²) in [4.78, 5) is 50.4. The number of amides is 2. The molecule has 10 nitrogen and oxygen atoms in total. The standard InChI is InChI=1S/C23H16F2N2O3.C21H14F3NO4/c1-12-11-26-20-7-6-13(8-17(12)20)14-9-18(24)21(19(25)10-14)27-22(28)15-4-2-3-5-16(15)23(29)30;1-29-18-10-11(6-7-15(18)22)12-8-16(23)19(17(24)9-12)25-20(26)13-4-2-3-5-14(13)21(27)28/h2-11,26H,1H3,(H,27,28)(H,29,30);2-10H,1H3,(H,25,26)(H,27,28). The normalized spacial score (nSPS) is 10.7. The van der Waals surface area contributed by atoms with E-state index in [1.807, 2.05) is 25.3 Å².